The number of hydrogen-bond acceptors (Lipinski definition) is 8. The molecule has 2 amide bonds. The minimum Gasteiger partial charge on any atom is -0.497 e. The third-order valence-corrected chi connectivity index (χ3v) is 13.0. The highest BCUT2D eigenvalue weighted by Gasteiger charge is 2.44. The number of alkyl halides is 3. The molecule has 15 heteroatoms. The van der Waals surface area contributed by atoms with Gasteiger partial charge in [0.2, 0.25) is 10.0 Å². The monoisotopic (exact) mass is 780 g/mol. The Labute approximate surface area is 319 Å². The van der Waals surface area contributed by atoms with Gasteiger partial charge in [-0.05, 0) is 97.8 Å². The lowest BCUT2D eigenvalue weighted by Crippen LogP contribution is -2.47. The van der Waals surface area contributed by atoms with Crippen molar-refractivity contribution < 1.29 is 35.9 Å². The maximum absolute atomic E-state index is 14.8. The average molecular weight is 781 g/mol. The summed E-state index contributed by atoms with van der Waals surface area (Å²) in [6.45, 7) is 4.98. The Morgan fingerprint density at radius 3 is 2.29 bits per heavy atom. The molecule has 2 bridgehead atoms. The molecule has 0 radical (unpaired) electrons. The van der Waals surface area contributed by atoms with Crippen LogP contribution in [0.4, 0.5) is 18.9 Å². The number of amides is 2. The van der Waals surface area contributed by atoms with Gasteiger partial charge in [0.25, 0.3) is 11.8 Å². The first kappa shape index (κ1) is 38.6. The molecule has 0 spiro atoms. The Morgan fingerprint density at radius 1 is 0.945 bits per heavy atom. The van der Waals surface area contributed by atoms with E-state index in [9.17, 15) is 31.2 Å². The molecular formula is C40H47F3N6O5S. The second-order valence-electron chi connectivity index (χ2n) is 15.3. The number of nitrogens with zero attached hydrogens (tertiary/aromatic N) is 5. The van der Waals surface area contributed by atoms with Gasteiger partial charge in [-0.2, -0.15) is 18.3 Å². The Bertz CT molecular complexity index is 2200. The third kappa shape index (κ3) is 7.40. The summed E-state index contributed by atoms with van der Waals surface area (Å²) in [5, 5.41) is 3.11. The number of hydrogen-bond donors (Lipinski definition) is 1. The maximum Gasteiger partial charge on any atom is 0.435 e. The summed E-state index contributed by atoms with van der Waals surface area (Å²) in [6.07, 6.45) is 2.16. The van der Waals surface area contributed by atoms with Gasteiger partial charge in [0.1, 0.15) is 5.75 Å². The summed E-state index contributed by atoms with van der Waals surface area (Å²) >= 11 is 0. The predicted molar refractivity (Wildman–Crippen MR) is 206 cm³/mol. The molecule has 1 aliphatic carbocycles. The number of sulfonamides is 1. The van der Waals surface area contributed by atoms with Crippen molar-refractivity contribution in [3.63, 3.8) is 0 Å². The molecule has 1 saturated heterocycles. The van der Waals surface area contributed by atoms with Gasteiger partial charge in [-0.3, -0.25) is 14.3 Å². The minimum absolute atomic E-state index is 0.0500. The van der Waals surface area contributed by atoms with Crippen molar-refractivity contribution in [3.05, 3.63) is 75.6 Å². The van der Waals surface area contributed by atoms with Crippen LogP contribution in [0.5, 0.6) is 5.75 Å². The number of ether oxygens (including phenoxy) is 1. The Morgan fingerprint density at radius 2 is 1.64 bits per heavy atom. The number of carbonyl (C=O) groups excluding carboxylic acids is 2. The molecule has 1 N–H and O–H groups in total. The van der Waals surface area contributed by atoms with Gasteiger partial charge in [-0.25, -0.2) is 13.1 Å². The van der Waals surface area contributed by atoms with Crippen LogP contribution in [-0.2, 0) is 23.2 Å². The van der Waals surface area contributed by atoms with Gasteiger partial charge in [-0.1, -0.05) is 31.4 Å². The van der Waals surface area contributed by atoms with Crippen LogP contribution in [0.25, 0.3) is 22.8 Å². The van der Waals surface area contributed by atoms with Crippen molar-refractivity contribution in [3.8, 4) is 5.75 Å². The molecule has 1 aromatic heterocycles. The van der Waals surface area contributed by atoms with Crippen molar-refractivity contribution in [2.24, 2.45) is 13.0 Å². The molecule has 2 fully saturated rings. The lowest BCUT2D eigenvalue weighted by molar-refractivity contribution is -0.141. The predicted octanol–water partition coefficient (Wildman–Crippen LogP) is 6.17. The van der Waals surface area contributed by atoms with E-state index in [0.29, 0.717) is 36.6 Å². The number of benzene rings is 2. The van der Waals surface area contributed by atoms with Crippen LogP contribution < -0.4 is 14.4 Å². The van der Waals surface area contributed by atoms with Gasteiger partial charge in [0.05, 0.1) is 23.6 Å². The summed E-state index contributed by atoms with van der Waals surface area (Å²) in [7, 11) is 0.957. The topological polar surface area (TPSA) is 117 Å². The number of aryl methyl sites for hydroxylation is 1. The lowest BCUT2D eigenvalue weighted by Gasteiger charge is -2.40. The zero-order chi connectivity index (χ0) is 39.4. The number of halogens is 3. The number of allylic oxidation sites excluding steroid dienone is 1. The van der Waals surface area contributed by atoms with Gasteiger partial charge in [0, 0.05) is 63.1 Å². The SMILES string of the molecule is COc1ccc2c(c1)C=C(c1c(C(=O)N3CCN(C)CC3)c(C(F)(F)F)nn1C)CN1CC2=C(C2CCCCC2)c2ccc(C(=O)NS(=O)(=O)C(C)C)cc21. The second kappa shape index (κ2) is 14.8. The fourth-order valence-electron chi connectivity index (χ4n) is 8.33. The molecule has 4 heterocycles. The summed E-state index contributed by atoms with van der Waals surface area (Å²) in [6, 6.07) is 10.9. The fraction of sp³-hybridized carbons (Fsp3) is 0.475. The summed E-state index contributed by atoms with van der Waals surface area (Å²) in [5.41, 5.74) is 4.26. The molecule has 0 atom stereocenters. The van der Waals surface area contributed by atoms with Gasteiger partial charge < -0.3 is 19.4 Å². The first-order chi connectivity index (χ1) is 26.1. The highest BCUT2D eigenvalue weighted by Crippen LogP contribution is 2.49. The molecule has 7 rings (SSSR count). The van der Waals surface area contributed by atoms with Crippen molar-refractivity contribution in [1.82, 2.24) is 24.3 Å². The molecule has 0 unspecified atom stereocenters. The molecule has 294 valence electrons. The van der Waals surface area contributed by atoms with Gasteiger partial charge >= 0.3 is 6.18 Å². The number of likely N-dealkylation sites (N-methyl/N-ethyl adjacent to an activating group) is 1. The van der Waals surface area contributed by atoms with Crippen LogP contribution in [0.2, 0.25) is 0 Å². The second-order valence-corrected chi connectivity index (χ2v) is 17.5. The van der Waals surface area contributed by atoms with Gasteiger partial charge in [-0.15, -0.1) is 0 Å². The first-order valence-corrected chi connectivity index (χ1v) is 20.3. The highest BCUT2D eigenvalue weighted by molar-refractivity contribution is 7.90. The van der Waals surface area contributed by atoms with Crippen molar-refractivity contribution in [2.75, 3.05) is 58.3 Å². The number of rotatable bonds is 7. The summed E-state index contributed by atoms with van der Waals surface area (Å²) in [4.78, 5) is 33.2. The van der Waals surface area contributed by atoms with E-state index in [1.54, 1.807) is 19.2 Å². The first-order valence-electron chi connectivity index (χ1n) is 18.8. The zero-order valence-electron chi connectivity index (χ0n) is 31.8. The van der Waals surface area contributed by atoms with Gasteiger partial charge in [0.15, 0.2) is 5.69 Å². The molecular weight excluding hydrogens is 734 g/mol. The van der Waals surface area contributed by atoms with Crippen LogP contribution in [-0.4, -0.2) is 98.5 Å². The minimum atomic E-state index is -4.90. The Hall–Kier alpha value is -4.63. The normalized spacial score (nSPS) is 18.4. The third-order valence-electron chi connectivity index (χ3n) is 11.3. The van der Waals surface area contributed by atoms with Crippen molar-refractivity contribution in [1.29, 1.82) is 0 Å². The molecule has 3 aliphatic heterocycles. The van der Waals surface area contributed by atoms with E-state index in [2.05, 4.69) is 9.82 Å². The molecule has 3 aromatic rings. The maximum atomic E-state index is 14.8. The van der Waals surface area contributed by atoms with Crippen LogP contribution in [0.3, 0.4) is 0 Å². The molecule has 4 aliphatic rings. The number of methoxy groups -OCH3 is 1. The van der Waals surface area contributed by atoms with E-state index >= 15 is 0 Å². The number of carbonyl (C=O) groups is 2. The quantitative estimate of drug-likeness (QED) is 0.303. The summed E-state index contributed by atoms with van der Waals surface area (Å²) < 4.78 is 78.8. The van der Waals surface area contributed by atoms with Crippen molar-refractivity contribution >= 4 is 50.3 Å². The number of anilines is 1. The molecule has 11 nitrogen and oxygen atoms in total. The van der Waals surface area contributed by atoms with E-state index < -0.39 is 44.5 Å². The molecule has 55 heavy (non-hydrogen) atoms. The fourth-order valence-corrected chi connectivity index (χ4v) is 8.94. The van der Waals surface area contributed by atoms with E-state index in [1.165, 1.54) is 25.8 Å². The number of fused-ring (bicyclic) bond motifs is 6. The van der Waals surface area contributed by atoms with Crippen molar-refractivity contribution in [2.45, 2.75) is 57.4 Å². The van der Waals surface area contributed by atoms with Crippen LogP contribution in [0, 0.1) is 5.92 Å². The Balaban J connectivity index is 1.46. The highest BCUT2D eigenvalue weighted by atomic mass is 32.2. The zero-order valence-corrected chi connectivity index (χ0v) is 32.6. The van der Waals surface area contributed by atoms with Crippen LogP contribution >= 0.6 is 0 Å². The van der Waals surface area contributed by atoms with E-state index in [-0.39, 0.29) is 36.8 Å². The van der Waals surface area contributed by atoms with E-state index in [4.69, 9.17) is 4.74 Å². The number of nitrogens with one attached hydrogen (secondary N) is 1. The lowest BCUT2D eigenvalue weighted by atomic mass is 9.74. The number of aromatic nitrogens is 2. The standard InChI is InChI=1S/C40H47F3N6O5S/c1-24(2)55(52,53)45-38(50)26-11-13-31-33(21-26)49-22-28(36-35(37(40(41,42)43)44-47(36)4)39(51)48-17-15-46(3)16-18-48)19-27-20-29(54-5)12-14-30(27)32(23-49)34(31)25-9-7-6-8-10-25/h11-14,19-21,24-25H,6-10,15-18,22-23H2,1-5H3,(H,45,50). The number of piperazine rings is 1. The van der Waals surface area contributed by atoms with E-state index in [1.807, 2.05) is 47.2 Å². The Kier molecular flexibility index (Phi) is 10.4. The van der Waals surface area contributed by atoms with Crippen LogP contribution in [0.15, 0.2) is 36.4 Å². The van der Waals surface area contributed by atoms with Crippen LogP contribution in [0.1, 0.15) is 94.7 Å². The molecule has 2 aromatic carbocycles. The van der Waals surface area contributed by atoms with E-state index in [0.717, 1.165) is 64.6 Å². The average Bonchev–Trinajstić information content (AvgIpc) is 3.51. The molecule has 1 saturated carbocycles. The smallest absolute Gasteiger partial charge is 0.435 e. The summed E-state index contributed by atoms with van der Waals surface area (Å²) in [5.74, 6) is -0.707. The largest absolute Gasteiger partial charge is 0.497 e.